The Morgan fingerprint density at radius 3 is 2.35 bits per heavy atom. The van der Waals surface area contributed by atoms with Crippen LogP contribution < -0.4 is 10.6 Å². The van der Waals surface area contributed by atoms with Crippen molar-refractivity contribution in [2.24, 2.45) is 0 Å². The van der Waals surface area contributed by atoms with Gasteiger partial charge in [0.15, 0.2) is 6.10 Å². The molecule has 0 radical (unpaired) electrons. The number of aliphatic carboxylic acids is 1. The Labute approximate surface area is 197 Å². The van der Waals surface area contributed by atoms with E-state index < -0.39 is 36.2 Å². The second kappa shape index (κ2) is 10.7. The van der Waals surface area contributed by atoms with E-state index in [1.54, 1.807) is 0 Å². The maximum atomic E-state index is 12.8. The second-order valence-electron chi connectivity index (χ2n) is 8.34. The molecule has 2 aromatic rings. The average molecular weight is 469 g/mol. The molecule has 1 fully saturated rings. The fraction of sp³-hybridized carbons (Fsp3) is 0.400. The maximum absolute atomic E-state index is 12.8. The molecule has 9 nitrogen and oxygen atoms in total. The Hall–Kier alpha value is -3.43. The average Bonchev–Trinajstić information content (AvgIpc) is 3.43. The number of fused-ring (bicyclic) bond motifs is 3. The van der Waals surface area contributed by atoms with E-state index in [2.05, 4.69) is 22.8 Å². The van der Waals surface area contributed by atoms with Gasteiger partial charge in [0, 0.05) is 32.7 Å². The van der Waals surface area contributed by atoms with Crippen LogP contribution in [0.4, 0.5) is 4.79 Å². The number of amides is 2. The molecule has 0 bridgehead atoms. The van der Waals surface area contributed by atoms with Crippen molar-refractivity contribution < 1.29 is 33.7 Å². The highest BCUT2D eigenvalue weighted by Gasteiger charge is 2.37. The number of rotatable bonds is 9. The monoisotopic (exact) mass is 468 g/mol. The van der Waals surface area contributed by atoms with E-state index in [1.165, 1.54) is 7.11 Å². The number of hydrogen-bond donors (Lipinski definition) is 3. The van der Waals surface area contributed by atoms with E-state index in [-0.39, 0.29) is 32.2 Å². The number of benzene rings is 2. The van der Waals surface area contributed by atoms with E-state index in [0.29, 0.717) is 6.42 Å². The summed E-state index contributed by atoms with van der Waals surface area (Å²) in [4.78, 5) is 36.8. The van der Waals surface area contributed by atoms with Crippen LogP contribution in [0.1, 0.15) is 29.9 Å². The van der Waals surface area contributed by atoms with Crippen LogP contribution in [0.25, 0.3) is 11.1 Å². The summed E-state index contributed by atoms with van der Waals surface area (Å²) >= 11 is 0. The first-order chi connectivity index (χ1) is 16.5. The van der Waals surface area contributed by atoms with Crippen LogP contribution in [0.15, 0.2) is 48.5 Å². The molecule has 180 valence electrons. The van der Waals surface area contributed by atoms with E-state index in [4.69, 9.17) is 14.2 Å². The van der Waals surface area contributed by atoms with Crippen LogP contribution in [-0.2, 0) is 23.8 Å². The third-order valence-electron chi connectivity index (χ3n) is 6.23. The highest BCUT2D eigenvalue weighted by atomic mass is 16.5. The molecule has 34 heavy (non-hydrogen) atoms. The van der Waals surface area contributed by atoms with Gasteiger partial charge in [0.05, 0.1) is 6.04 Å². The lowest BCUT2D eigenvalue weighted by Crippen LogP contribution is -2.53. The summed E-state index contributed by atoms with van der Waals surface area (Å²) in [6.45, 7) is 0.589. The SMILES string of the molecule is COCCC(NC(=O)OCC1c2ccccc2-c2ccccc21)C(=O)N[C@@H]1CCO[C@@H]1C(=O)O. The molecule has 3 N–H and O–H groups in total. The molecule has 1 heterocycles. The Bertz CT molecular complexity index is 1010. The highest BCUT2D eigenvalue weighted by Crippen LogP contribution is 2.44. The lowest BCUT2D eigenvalue weighted by atomic mass is 9.98. The van der Waals surface area contributed by atoms with E-state index in [9.17, 15) is 19.5 Å². The van der Waals surface area contributed by atoms with E-state index in [0.717, 1.165) is 22.3 Å². The van der Waals surface area contributed by atoms with Crippen molar-refractivity contribution in [1.29, 1.82) is 0 Å². The van der Waals surface area contributed by atoms with Crippen LogP contribution in [0.3, 0.4) is 0 Å². The number of carboxylic acids is 1. The van der Waals surface area contributed by atoms with Crippen molar-refractivity contribution in [3.63, 3.8) is 0 Å². The molecule has 9 heteroatoms. The molecular weight excluding hydrogens is 440 g/mol. The van der Waals surface area contributed by atoms with Gasteiger partial charge in [0.25, 0.3) is 0 Å². The van der Waals surface area contributed by atoms with Gasteiger partial charge in [-0.2, -0.15) is 0 Å². The minimum absolute atomic E-state index is 0.101. The van der Waals surface area contributed by atoms with Gasteiger partial charge < -0.3 is 30.0 Å². The van der Waals surface area contributed by atoms with E-state index >= 15 is 0 Å². The fourth-order valence-corrected chi connectivity index (χ4v) is 4.55. The molecule has 1 unspecified atom stereocenters. The van der Waals surface area contributed by atoms with Gasteiger partial charge in [-0.05, 0) is 28.7 Å². The minimum atomic E-state index is -1.14. The number of nitrogens with one attached hydrogen (secondary N) is 2. The van der Waals surface area contributed by atoms with Gasteiger partial charge in [-0.3, -0.25) is 4.79 Å². The largest absolute Gasteiger partial charge is 0.479 e. The van der Waals surface area contributed by atoms with Crippen LogP contribution >= 0.6 is 0 Å². The normalized spacial score (nSPS) is 19.7. The quantitative estimate of drug-likeness (QED) is 0.516. The summed E-state index contributed by atoms with van der Waals surface area (Å²) in [5.41, 5.74) is 4.42. The molecule has 0 spiro atoms. The molecule has 1 aliphatic heterocycles. The number of ether oxygens (including phenoxy) is 3. The number of carboxylic acid groups (broad SMARTS) is 1. The summed E-state index contributed by atoms with van der Waals surface area (Å²) in [6, 6.07) is 14.4. The topological polar surface area (TPSA) is 123 Å². The molecule has 0 saturated carbocycles. The van der Waals surface area contributed by atoms with Crippen LogP contribution in [0.2, 0.25) is 0 Å². The maximum Gasteiger partial charge on any atom is 0.407 e. The molecule has 1 saturated heterocycles. The highest BCUT2D eigenvalue weighted by molar-refractivity contribution is 5.87. The number of methoxy groups -OCH3 is 1. The third-order valence-corrected chi connectivity index (χ3v) is 6.23. The molecule has 2 amide bonds. The van der Waals surface area contributed by atoms with Crippen LogP contribution in [0.5, 0.6) is 0 Å². The van der Waals surface area contributed by atoms with Gasteiger partial charge in [0.1, 0.15) is 12.6 Å². The Balaban J connectivity index is 1.39. The second-order valence-corrected chi connectivity index (χ2v) is 8.34. The van der Waals surface area contributed by atoms with Gasteiger partial charge >= 0.3 is 12.1 Å². The Morgan fingerprint density at radius 2 is 1.74 bits per heavy atom. The van der Waals surface area contributed by atoms with Crippen LogP contribution in [-0.4, -0.2) is 68.2 Å². The van der Waals surface area contributed by atoms with Gasteiger partial charge in [-0.25, -0.2) is 9.59 Å². The summed E-state index contributed by atoms with van der Waals surface area (Å²) < 4.78 is 15.8. The Morgan fingerprint density at radius 1 is 1.09 bits per heavy atom. The molecule has 4 rings (SSSR count). The van der Waals surface area contributed by atoms with Gasteiger partial charge in [-0.15, -0.1) is 0 Å². The van der Waals surface area contributed by atoms with Crippen molar-refractivity contribution >= 4 is 18.0 Å². The summed E-state index contributed by atoms with van der Waals surface area (Å²) in [5.74, 6) is -1.75. The van der Waals surface area contributed by atoms with Crippen molar-refractivity contribution in [3.05, 3.63) is 59.7 Å². The van der Waals surface area contributed by atoms with Gasteiger partial charge in [-0.1, -0.05) is 48.5 Å². The Kier molecular flexibility index (Phi) is 7.44. The number of alkyl carbamates (subject to hydrolysis) is 1. The third kappa shape index (κ3) is 5.05. The molecule has 2 aromatic carbocycles. The lowest BCUT2D eigenvalue weighted by molar-refractivity contribution is -0.148. The standard InChI is InChI=1S/C25H28N2O7/c1-32-12-10-21(23(28)26-20-11-13-33-22(20)24(29)30)27-25(31)34-14-19-17-8-4-2-6-15(17)16-7-3-5-9-18(16)19/h2-9,19-22H,10-14H2,1H3,(H,26,28)(H,27,31)(H,29,30)/t20-,21?,22+/m1/s1. The predicted octanol–water partition coefficient (Wildman–Crippen LogP) is 2.29. The number of carbonyl (C=O) groups excluding carboxylic acids is 2. The number of carbonyl (C=O) groups is 3. The zero-order valence-corrected chi connectivity index (χ0v) is 18.9. The lowest BCUT2D eigenvalue weighted by Gasteiger charge is -2.22. The fourth-order valence-electron chi connectivity index (χ4n) is 4.55. The zero-order chi connectivity index (χ0) is 24.1. The van der Waals surface area contributed by atoms with Crippen LogP contribution in [0, 0.1) is 0 Å². The summed E-state index contributed by atoms with van der Waals surface area (Å²) in [5, 5.41) is 14.5. The predicted molar refractivity (Wildman–Crippen MR) is 122 cm³/mol. The summed E-state index contributed by atoms with van der Waals surface area (Å²) in [6.07, 6.45) is -1.25. The zero-order valence-electron chi connectivity index (χ0n) is 18.9. The molecular formula is C25H28N2O7. The minimum Gasteiger partial charge on any atom is -0.479 e. The van der Waals surface area contributed by atoms with Crippen molar-refractivity contribution in [1.82, 2.24) is 10.6 Å². The summed E-state index contributed by atoms with van der Waals surface area (Å²) in [7, 11) is 1.49. The molecule has 0 aromatic heterocycles. The molecule has 1 aliphatic carbocycles. The van der Waals surface area contributed by atoms with E-state index in [1.807, 2.05) is 36.4 Å². The van der Waals surface area contributed by atoms with Gasteiger partial charge in [0.2, 0.25) is 5.91 Å². The first-order valence-corrected chi connectivity index (χ1v) is 11.2. The molecule has 2 aliphatic rings. The van der Waals surface area contributed by atoms with Crippen molar-refractivity contribution in [2.45, 2.75) is 36.9 Å². The van der Waals surface area contributed by atoms with Crippen molar-refractivity contribution in [2.75, 3.05) is 26.9 Å². The first kappa shape index (κ1) is 23.7. The first-order valence-electron chi connectivity index (χ1n) is 11.2. The smallest absolute Gasteiger partial charge is 0.407 e. The molecule has 3 atom stereocenters. The number of hydrogen-bond acceptors (Lipinski definition) is 6. The van der Waals surface area contributed by atoms with Crippen molar-refractivity contribution in [3.8, 4) is 11.1 Å².